The number of carbonyl (C=O) groups excluding carboxylic acids is 2. The minimum absolute atomic E-state index is 0.132. The van der Waals surface area contributed by atoms with Crippen LogP contribution in [0.25, 0.3) is 0 Å². The van der Waals surface area contributed by atoms with Crippen molar-refractivity contribution < 1.29 is 18.0 Å². The van der Waals surface area contributed by atoms with E-state index in [9.17, 15) is 18.0 Å². The van der Waals surface area contributed by atoms with E-state index in [-0.39, 0.29) is 10.7 Å². The summed E-state index contributed by atoms with van der Waals surface area (Å²) in [5.74, 6) is -0.618. The van der Waals surface area contributed by atoms with Gasteiger partial charge in [-0.25, -0.2) is 8.42 Å². The van der Waals surface area contributed by atoms with Gasteiger partial charge in [0, 0.05) is 29.8 Å². The van der Waals surface area contributed by atoms with Crippen LogP contribution >= 0.6 is 0 Å². The summed E-state index contributed by atoms with van der Waals surface area (Å²) in [7, 11) is -3.60. The van der Waals surface area contributed by atoms with Crippen molar-refractivity contribution >= 4 is 27.4 Å². The molecule has 0 aliphatic carbocycles. The van der Waals surface area contributed by atoms with Crippen molar-refractivity contribution in [1.82, 2.24) is 4.31 Å². The van der Waals surface area contributed by atoms with Gasteiger partial charge in [-0.2, -0.15) is 4.31 Å². The number of nitrogens with one attached hydrogen (secondary N) is 1. The van der Waals surface area contributed by atoms with E-state index in [1.165, 1.54) is 28.6 Å². The molecule has 0 fully saturated rings. The van der Waals surface area contributed by atoms with Crippen LogP contribution in [0.4, 0.5) is 5.69 Å². The van der Waals surface area contributed by atoms with Gasteiger partial charge in [-0.1, -0.05) is 55.8 Å². The van der Waals surface area contributed by atoms with Gasteiger partial charge >= 0.3 is 0 Å². The number of sulfonamides is 1. The monoisotopic (exact) mass is 450 g/mol. The van der Waals surface area contributed by atoms with E-state index in [0.717, 1.165) is 5.56 Å². The molecular weight excluding hydrogens is 424 g/mol. The summed E-state index contributed by atoms with van der Waals surface area (Å²) in [6.07, 6.45) is 0. The highest BCUT2D eigenvalue weighted by atomic mass is 32.2. The van der Waals surface area contributed by atoms with Crippen molar-refractivity contribution in [3.8, 4) is 0 Å². The lowest BCUT2D eigenvalue weighted by Crippen LogP contribution is -2.30. The van der Waals surface area contributed by atoms with Crippen molar-refractivity contribution in [3.05, 3.63) is 95.1 Å². The van der Waals surface area contributed by atoms with Gasteiger partial charge in [-0.3, -0.25) is 9.59 Å². The highest BCUT2D eigenvalue weighted by Gasteiger charge is 2.22. The molecule has 1 N–H and O–H groups in total. The Morgan fingerprint density at radius 2 is 1.47 bits per heavy atom. The zero-order chi connectivity index (χ0) is 23.3. The predicted molar refractivity (Wildman–Crippen MR) is 126 cm³/mol. The van der Waals surface area contributed by atoms with Crippen LogP contribution in [0.5, 0.6) is 0 Å². The number of amides is 1. The SMILES string of the molecule is CCN(CC)S(=O)(=O)c1ccc(C(=O)Nc2ccc(C)cc2C(=O)c2ccccc2)cc1. The lowest BCUT2D eigenvalue weighted by Gasteiger charge is -2.18. The molecule has 0 saturated heterocycles. The van der Waals surface area contributed by atoms with Crippen LogP contribution in [-0.2, 0) is 10.0 Å². The molecule has 0 atom stereocenters. The molecule has 1 amide bonds. The van der Waals surface area contributed by atoms with Crippen molar-refractivity contribution in [3.63, 3.8) is 0 Å². The third-order valence-electron chi connectivity index (χ3n) is 5.16. The van der Waals surface area contributed by atoms with Crippen LogP contribution in [0.2, 0.25) is 0 Å². The van der Waals surface area contributed by atoms with Crippen LogP contribution in [0, 0.1) is 6.92 Å². The van der Waals surface area contributed by atoms with Crippen molar-refractivity contribution in [2.24, 2.45) is 0 Å². The molecular formula is C25H26N2O4S. The van der Waals surface area contributed by atoms with Crippen LogP contribution in [0.3, 0.4) is 0 Å². The highest BCUT2D eigenvalue weighted by molar-refractivity contribution is 7.89. The van der Waals surface area contributed by atoms with Gasteiger partial charge in [0.25, 0.3) is 5.91 Å². The summed E-state index contributed by atoms with van der Waals surface area (Å²) in [6.45, 7) is 6.17. The maximum atomic E-state index is 13.0. The maximum absolute atomic E-state index is 13.0. The molecule has 3 aromatic carbocycles. The van der Waals surface area contributed by atoms with E-state index >= 15 is 0 Å². The topological polar surface area (TPSA) is 83.6 Å². The lowest BCUT2D eigenvalue weighted by atomic mass is 9.99. The van der Waals surface area contributed by atoms with E-state index in [4.69, 9.17) is 0 Å². The third kappa shape index (κ3) is 4.95. The van der Waals surface area contributed by atoms with E-state index < -0.39 is 15.9 Å². The molecule has 32 heavy (non-hydrogen) atoms. The fourth-order valence-corrected chi connectivity index (χ4v) is 4.84. The summed E-state index contributed by atoms with van der Waals surface area (Å²) in [6, 6.07) is 19.9. The largest absolute Gasteiger partial charge is 0.321 e. The average molecular weight is 451 g/mol. The molecule has 0 radical (unpaired) electrons. The van der Waals surface area contributed by atoms with Gasteiger partial charge in [0.2, 0.25) is 10.0 Å². The Bertz CT molecular complexity index is 1220. The van der Waals surface area contributed by atoms with E-state index in [1.54, 1.807) is 50.2 Å². The normalized spacial score (nSPS) is 11.4. The number of hydrogen-bond acceptors (Lipinski definition) is 4. The summed E-state index contributed by atoms with van der Waals surface area (Å²) in [4.78, 5) is 26.0. The number of aryl methyl sites for hydroxylation is 1. The second-order valence-corrected chi connectivity index (χ2v) is 9.25. The van der Waals surface area contributed by atoms with Crippen molar-refractivity contribution in [2.75, 3.05) is 18.4 Å². The number of hydrogen-bond donors (Lipinski definition) is 1. The standard InChI is InChI=1S/C25H26N2O4S/c1-4-27(5-2)32(30,31)21-14-12-20(13-15-21)25(29)26-23-16-11-18(3)17-22(23)24(28)19-9-7-6-8-10-19/h6-17H,4-5H2,1-3H3,(H,26,29). The number of ketones is 1. The van der Waals surface area contributed by atoms with Crippen LogP contribution in [-0.4, -0.2) is 37.5 Å². The van der Waals surface area contributed by atoms with Crippen molar-refractivity contribution in [2.45, 2.75) is 25.7 Å². The van der Waals surface area contributed by atoms with Crippen molar-refractivity contribution in [1.29, 1.82) is 0 Å². The molecule has 0 aromatic heterocycles. The Labute approximate surface area is 188 Å². The van der Waals surface area contributed by atoms with Crippen LogP contribution in [0.1, 0.15) is 45.7 Å². The van der Waals surface area contributed by atoms with Crippen LogP contribution < -0.4 is 5.32 Å². The quantitative estimate of drug-likeness (QED) is 0.512. The second kappa shape index (κ2) is 9.89. The van der Waals surface area contributed by atoms with E-state index in [1.807, 2.05) is 19.1 Å². The second-order valence-electron chi connectivity index (χ2n) is 7.31. The first-order valence-electron chi connectivity index (χ1n) is 10.4. The van der Waals surface area contributed by atoms with Gasteiger partial charge < -0.3 is 5.32 Å². The Hall–Kier alpha value is -3.29. The summed E-state index contributed by atoms with van der Waals surface area (Å²) >= 11 is 0. The predicted octanol–water partition coefficient (Wildman–Crippen LogP) is 4.51. The summed E-state index contributed by atoms with van der Waals surface area (Å²) < 4.78 is 26.6. The van der Waals surface area contributed by atoms with Gasteiger partial charge in [-0.05, 0) is 43.3 Å². The molecule has 0 unspecified atom stereocenters. The first kappa shape index (κ1) is 23.4. The van der Waals surface area contributed by atoms with Gasteiger partial charge in [-0.15, -0.1) is 0 Å². The molecule has 7 heteroatoms. The summed E-state index contributed by atoms with van der Waals surface area (Å²) in [5, 5.41) is 2.79. The van der Waals surface area contributed by atoms with E-state index in [2.05, 4.69) is 5.32 Å². The Morgan fingerprint density at radius 1 is 0.844 bits per heavy atom. The smallest absolute Gasteiger partial charge is 0.255 e. The number of nitrogens with zero attached hydrogens (tertiary/aromatic N) is 1. The molecule has 3 rings (SSSR count). The first-order valence-corrected chi connectivity index (χ1v) is 11.8. The number of carbonyl (C=O) groups is 2. The highest BCUT2D eigenvalue weighted by Crippen LogP contribution is 2.23. The molecule has 0 bridgehead atoms. The Balaban J connectivity index is 1.86. The van der Waals surface area contributed by atoms with Gasteiger partial charge in [0.1, 0.15) is 0 Å². The van der Waals surface area contributed by atoms with Crippen LogP contribution in [0.15, 0.2) is 77.7 Å². The van der Waals surface area contributed by atoms with Gasteiger partial charge in [0.15, 0.2) is 5.78 Å². The molecule has 0 aliphatic heterocycles. The molecule has 0 saturated carbocycles. The number of rotatable bonds is 8. The first-order chi connectivity index (χ1) is 15.3. The minimum Gasteiger partial charge on any atom is -0.321 e. The fourth-order valence-electron chi connectivity index (χ4n) is 3.39. The molecule has 6 nitrogen and oxygen atoms in total. The minimum atomic E-state index is -3.60. The third-order valence-corrected chi connectivity index (χ3v) is 7.23. The average Bonchev–Trinajstić information content (AvgIpc) is 2.81. The zero-order valence-corrected chi connectivity index (χ0v) is 19.1. The summed E-state index contributed by atoms with van der Waals surface area (Å²) in [5.41, 5.74) is 2.51. The fraction of sp³-hybridized carbons (Fsp3) is 0.200. The molecule has 3 aromatic rings. The maximum Gasteiger partial charge on any atom is 0.255 e. The van der Waals surface area contributed by atoms with E-state index in [0.29, 0.717) is 35.5 Å². The lowest BCUT2D eigenvalue weighted by molar-refractivity contribution is 0.102. The Kier molecular flexibility index (Phi) is 7.22. The van der Waals surface area contributed by atoms with Gasteiger partial charge in [0.05, 0.1) is 10.6 Å². The number of benzene rings is 3. The molecule has 166 valence electrons. The Morgan fingerprint density at radius 3 is 2.06 bits per heavy atom. The molecule has 0 aliphatic rings. The molecule has 0 spiro atoms. The number of anilines is 1. The molecule has 0 heterocycles. The zero-order valence-electron chi connectivity index (χ0n) is 18.3.